The summed E-state index contributed by atoms with van der Waals surface area (Å²) in [6.07, 6.45) is 0. The van der Waals surface area contributed by atoms with Crippen LogP contribution in [-0.4, -0.2) is 36.6 Å². The summed E-state index contributed by atoms with van der Waals surface area (Å²) in [6.45, 7) is 1.63. The van der Waals surface area contributed by atoms with Crippen LogP contribution in [0.3, 0.4) is 0 Å². The molecule has 2 rings (SSSR count). The predicted octanol–water partition coefficient (Wildman–Crippen LogP) is 1.03. The van der Waals surface area contributed by atoms with Crippen molar-refractivity contribution in [1.29, 1.82) is 0 Å². The molecule has 106 valence electrons. The van der Waals surface area contributed by atoms with Crippen LogP contribution in [0, 0.1) is 0 Å². The zero-order chi connectivity index (χ0) is 14.5. The van der Waals surface area contributed by atoms with Crippen molar-refractivity contribution in [2.45, 2.75) is 0 Å². The highest BCUT2D eigenvalue weighted by Gasteiger charge is 2.09. The van der Waals surface area contributed by atoms with Crippen molar-refractivity contribution < 1.29 is 17.5 Å². The molecule has 10 heteroatoms. The first kappa shape index (κ1) is 16.0. The molecular formula is C9H9Cl2N3O4S-2. The predicted molar refractivity (Wildman–Crippen MR) is 70.9 cm³/mol. The molecule has 1 aromatic rings. The van der Waals surface area contributed by atoms with Crippen molar-refractivity contribution in [1.82, 2.24) is 5.32 Å². The molecule has 0 saturated carbocycles. The summed E-state index contributed by atoms with van der Waals surface area (Å²) >= 11 is 12.0. The monoisotopic (exact) mass is 325 g/mol. The van der Waals surface area contributed by atoms with E-state index < -0.39 is 10.4 Å². The van der Waals surface area contributed by atoms with E-state index in [0.717, 1.165) is 19.0 Å². The van der Waals surface area contributed by atoms with E-state index in [-0.39, 0.29) is 0 Å². The molecule has 19 heavy (non-hydrogen) atoms. The minimum Gasteiger partial charge on any atom is -0.759 e. The molecular weight excluding hydrogens is 317 g/mol. The first-order valence-corrected chi connectivity index (χ1v) is 7.02. The summed E-state index contributed by atoms with van der Waals surface area (Å²) in [7, 11) is -5.17. The lowest BCUT2D eigenvalue weighted by Gasteiger charge is -2.09. The maximum atomic E-state index is 8.52. The van der Waals surface area contributed by atoms with Crippen molar-refractivity contribution in [3.05, 3.63) is 28.2 Å². The molecule has 0 saturated heterocycles. The Morgan fingerprint density at radius 1 is 1.26 bits per heavy atom. The van der Waals surface area contributed by atoms with Crippen LogP contribution in [-0.2, 0) is 10.4 Å². The Hall–Kier alpha value is -1.06. The highest BCUT2D eigenvalue weighted by atomic mass is 35.5. The molecule has 0 unspecified atom stereocenters. The number of para-hydroxylation sites is 1. The van der Waals surface area contributed by atoms with Gasteiger partial charge in [-0.25, -0.2) is 0 Å². The third-order valence-corrected chi connectivity index (χ3v) is 2.51. The molecule has 0 atom stereocenters. The standard InChI is InChI=1S/C9H9Cl2N3.H2O4S/c10-6-2-1-3-7(11)8(6)14-9-12-4-5-13-9;1-5(2,3)4/h1-3H,4-5H2,(H2,12,13,14);(H2,1,2,3,4)/p-2. The summed E-state index contributed by atoms with van der Waals surface area (Å²) in [5, 5.41) is 7.32. The minimum atomic E-state index is -5.17. The van der Waals surface area contributed by atoms with Gasteiger partial charge in [-0.3, -0.25) is 13.4 Å². The lowest BCUT2D eigenvalue weighted by Crippen LogP contribution is -2.26. The van der Waals surface area contributed by atoms with E-state index in [0.29, 0.717) is 15.7 Å². The van der Waals surface area contributed by atoms with E-state index in [1.54, 1.807) is 18.2 Å². The summed E-state index contributed by atoms with van der Waals surface area (Å²) in [5.41, 5.74) is 0.698. The van der Waals surface area contributed by atoms with Gasteiger partial charge in [-0.15, -0.1) is 0 Å². The highest BCUT2D eigenvalue weighted by Crippen LogP contribution is 2.29. The Morgan fingerprint density at radius 3 is 2.21 bits per heavy atom. The Kier molecular flexibility index (Phi) is 5.83. The van der Waals surface area contributed by atoms with Crippen molar-refractivity contribution >= 4 is 45.2 Å². The van der Waals surface area contributed by atoms with E-state index in [1.165, 1.54) is 0 Å². The van der Waals surface area contributed by atoms with Crippen molar-refractivity contribution in [2.24, 2.45) is 4.99 Å². The van der Waals surface area contributed by atoms with Crippen LogP contribution in [0.4, 0.5) is 5.69 Å². The van der Waals surface area contributed by atoms with Crippen LogP contribution in [0.1, 0.15) is 0 Å². The molecule has 0 bridgehead atoms. The Balaban J connectivity index is 0.000000312. The van der Waals surface area contributed by atoms with Gasteiger partial charge < -0.3 is 19.7 Å². The van der Waals surface area contributed by atoms with Gasteiger partial charge in [-0.2, -0.15) is 0 Å². The molecule has 0 radical (unpaired) electrons. The van der Waals surface area contributed by atoms with Gasteiger partial charge in [0.1, 0.15) is 0 Å². The van der Waals surface area contributed by atoms with Crippen LogP contribution >= 0.6 is 23.2 Å². The maximum Gasteiger partial charge on any atom is 0.196 e. The van der Waals surface area contributed by atoms with Gasteiger partial charge in [-0.05, 0) is 12.1 Å². The summed E-state index contributed by atoms with van der Waals surface area (Å²) < 4.78 is 34.1. The second kappa shape index (κ2) is 6.92. The van der Waals surface area contributed by atoms with E-state index in [2.05, 4.69) is 15.6 Å². The lowest BCUT2D eigenvalue weighted by molar-refractivity contribution is 0.352. The number of benzene rings is 1. The van der Waals surface area contributed by atoms with Crippen LogP contribution < -0.4 is 10.6 Å². The second-order valence-corrected chi connectivity index (χ2v) is 4.92. The Labute approximate surface area is 120 Å². The smallest absolute Gasteiger partial charge is 0.196 e. The molecule has 0 spiro atoms. The third-order valence-electron chi connectivity index (χ3n) is 1.88. The molecule has 0 aliphatic carbocycles. The molecule has 0 fully saturated rings. The van der Waals surface area contributed by atoms with Gasteiger partial charge in [0, 0.05) is 16.9 Å². The van der Waals surface area contributed by atoms with Gasteiger partial charge in [-0.1, -0.05) is 29.3 Å². The lowest BCUT2D eigenvalue weighted by atomic mass is 10.3. The average molecular weight is 326 g/mol. The Bertz CT molecular complexity index is 549. The van der Waals surface area contributed by atoms with Crippen molar-refractivity contribution in [3.63, 3.8) is 0 Å². The van der Waals surface area contributed by atoms with Crippen LogP contribution in [0.15, 0.2) is 23.2 Å². The number of hydrogen-bond acceptors (Lipinski definition) is 7. The summed E-state index contributed by atoms with van der Waals surface area (Å²) in [4.78, 5) is 4.19. The topological polar surface area (TPSA) is 117 Å². The first-order valence-electron chi connectivity index (χ1n) is 4.93. The molecule has 1 aliphatic rings. The number of hydrogen-bond donors (Lipinski definition) is 2. The fourth-order valence-electron chi connectivity index (χ4n) is 1.22. The normalized spacial score (nSPS) is 14.0. The van der Waals surface area contributed by atoms with Gasteiger partial charge >= 0.3 is 0 Å². The number of guanidine groups is 1. The zero-order valence-electron chi connectivity index (χ0n) is 9.39. The first-order chi connectivity index (χ1) is 8.77. The van der Waals surface area contributed by atoms with E-state index >= 15 is 0 Å². The van der Waals surface area contributed by atoms with Gasteiger partial charge in [0.05, 0.1) is 22.3 Å². The zero-order valence-corrected chi connectivity index (χ0v) is 11.7. The number of halogens is 2. The Morgan fingerprint density at radius 2 is 1.79 bits per heavy atom. The minimum absolute atomic E-state index is 0.592. The number of rotatable bonds is 1. The maximum absolute atomic E-state index is 8.52. The molecule has 2 N–H and O–H groups in total. The molecule has 1 aromatic carbocycles. The summed E-state index contributed by atoms with van der Waals surface area (Å²) in [6, 6.07) is 5.37. The van der Waals surface area contributed by atoms with E-state index in [9.17, 15) is 0 Å². The number of aliphatic imine (C=N–C) groups is 1. The van der Waals surface area contributed by atoms with Gasteiger partial charge in [0.15, 0.2) is 5.96 Å². The van der Waals surface area contributed by atoms with Crippen molar-refractivity contribution in [3.8, 4) is 0 Å². The fourth-order valence-corrected chi connectivity index (χ4v) is 1.71. The molecule has 1 heterocycles. The van der Waals surface area contributed by atoms with Crippen LogP contribution in [0.25, 0.3) is 0 Å². The second-order valence-electron chi connectivity index (χ2n) is 3.29. The molecule has 1 aliphatic heterocycles. The molecule has 0 amide bonds. The van der Waals surface area contributed by atoms with Gasteiger partial charge in [0.2, 0.25) is 0 Å². The van der Waals surface area contributed by atoms with Gasteiger partial charge in [0.25, 0.3) is 0 Å². The highest BCUT2D eigenvalue weighted by molar-refractivity contribution is 7.79. The number of nitrogens with zero attached hydrogens (tertiary/aromatic N) is 1. The fraction of sp³-hybridized carbons (Fsp3) is 0.222. The molecule has 0 aromatic heterocycles. The SMILES string of the molecule is Clc1cccc(Cl)c1NC1=NCCN1.O=S(=O)([O-])[O-]. The largest absolute Gasteiger partial charge is 0.759 e. The van der Waals surface area contributed by atoms with Crippen molar-refractivity contribution in [2.75, 3.05) is 18.4 Å². The van der Waals surface area contributed by atoms with Crippen LogP contribution in [0.2, 0.25) is 10.0 Å². The number of anilines is 1. The molecule has 7 nitrogen and oxygen atoms in total. The summed E-state index contributed by atoms with van der Waals surface area (Å²) in [5.74, 6) is 0.722. The third kappa shape index (κ3) is 6.60. The quantitative estimate of drug-likeness (QED) is 0.588. The van der Waals surface area contributed by atoms with E-state index in [1.807, 2.05) is 0 Å². The van der Waals surface area contributed by atoms with Crippen LogP contribution in [0.5, 0.6) is 0 Å². The van der Waals surface area contributed by atoms with E-state index in [4.69, 9.17) is 40.7 Å². The average Bonchev–Trinajstić information content (AvgIpc) is 2.74. The number of nitrogens with one attached hydrogen (secondary N) is 2.